The molecule has 0 radical (unpaired) electrons. The Bertz CT molecular complexity index is 558. The fourth-order valence-corrected chi connectivity index (χ4v) is 2.72. The molecule has 100 valence electrons. The van der Waals surface area contributed by atoms with E-state index in [1.807, 2.05) is 30.4 Å². The second-order valence-electron chi connectivity index (χ2n) is 5.18. The second-order valence-corrected chi connectivity index (χ2v) is 5.18. The van der Waals surface area contributed by atoms with E-state index in [2.05, 4.69) is 14.5 Å². The van der Waals surface area contributed by atoms with Crippen molar-refractivity contribution in [1.29, 1.82) is 0 Å². The number of hydrogen-bond acceptors (Lipinski definition) is 2. The Morgan fingerprint density at radius 3 is 3.32 bits per heavy atom. The number of imidazole rings is 1. The Labute approximate surface area is 112 Å². The van der Waals surface area contributed by atoms with Gasteiger partial charge in [-0.2, -0.15) is 0 Å². The number of H-pyrrole nitrogens is 1. The van der Waals surface area contributed by atoms with Crippen LogP contribution in [0.15, 0.2) is 30.9 Å². The third-order valence-corrected chi connectivity index (χ3v) is 3.77. The van der Waals surface area contributed by atoms with Crippen molar-refractivity contribution in [2.45, 2.75) is 19.4 Å². The number of rotatable bonds is 3. The molecule has 0 unspecified atom stereocenters. The summed E-state index contributed by atoms with van der Waals surface area (Å²) in [7, 11) is 1.87. The highest BCUT2D eigenvalue weighted by molar-refractivity contribution is 5.93. The molecule has 5 nitrogen and oxygen atoms in total. The number of aromatic amines is 1. The lowest BCUT2D eigenvalue weighted by Crippen LogP contribution is -2.34. The third kappa shape index (κ3) is 2.41. The van der Waals surface area contributed by atoms with Crippen molar-refractivity contribution < 1.29 is 4.79 Å². The van der Waals surface area contributed by atoms with Crippen molar-refractivity contribution in [2.24, 2.45) is 5.92 Å². The molecule has 0 aliphatic carbocycles. The van der Waals surface area contributed by atoms with Gasteiger partial charge in [-0.05, 0) is 18.4 Å². The van der Waals surface area contributed by atoms with Crippen LogP contribution in [0, 0.1) is 5.92 Å². The number of nitrogens with one attached hydrogen (secondary N) is 1. The van der Waals surface area contributed by atoms with E-state index >= 15 is 0 Å². The SMILES string of the molecule is CN(C[C@@H]1CCn2ccnc2C1)C(=O)c1cc[nH]c1. The summed E-state index contributed by atoms with van der Waals surface area (Å²) in [5, 5.41) is 0. The lowest BCUT2D eigenvalue weighted by Gasteiger charge is -2.27. The van der Waals surface area contributed by atoms with E-state index in [9.17, 15) is 4.79 Å². The highest BCUT2D eigenvalue weighted by Gasteiger charge is 2.22. The van der Waals surface area contributed by atoms with Gasteiger partial charge >= 0.3 is 0 Å². The predicted octanol–water partition coefficient (Wildman–Crippen LogP) is 1.55. The molecule has 0 spiro atoms. The molecule has 19 heavy (non-hydrogen) atoms. The summed E-state index contributed by atoms with van der Waals surface area (Å²) in [5.74, 6) is 1.72. The molecule has 0 saturated carbocycles. The van der Waals surface area contributed by atoms with E-state index in [0.717, 1.165) is 37.3 Å². The van der Waals surface area contributed by atoms with Crippen LogP contribution in [0.25, 0.3) is 0 Å². The average Bonchev–Trinajstić information content (AvgIpc) is 3.08. The van der Waals surface area contributed by atoms with Gasteiger partial charge in [0, 0.05) is 51.3 Å². The fraction of sp³-hybridized carbons (Fsp3) is 0.429. The molecule has 3 rings (SSSR count). The average molecular weight is 258 g/mol. The van der Waals surface area contributed by atoms with Gasteiger partial charge in [-0.15, -0.1) is 0 Å². The van der Waals surface area contributed by atoms with E-state index in [-0.39, 0.29) is 5.91 Å². The molecule has 1 aliphatic heterocycles. The summed E-state index contributed by atoms with van der Waals surface area (Å²) in [6.45, 7) is 1.79. The maximum Gasteiger partial charge on any atom is 0.255 e. The van der Waals surface area contributed by atoms with Crippen LogP contribution in [0.5, 0.6) is 0 Å². The first-order chi connectivity index (χ1) is 9.24. The van der Waals surface area contributed by atoms with Crippen LogP contribution in [0.2, 0.25) is 0 Å². The molecule has 2 aromatic rings. The van der Waals surface area contributed by atoms with Crippen LogP contribution < -0.4 is 0 Å². The Balaban J connectivity index is 1.62. The number of amides is 1. The molecular formula is C14H18N4O. The molecule has 1 amide bonds. The number of aryl methyl sites for hydroxylation is 1. The van der Waals surface area contributed by atoms with E-state index in [4.69, 9.17) is 0 Å². The quantitative estimate of drug-likeness (QED) is 0.908. The zero-order valence-corrected chi connectivity index (χ0v) is 11.0. The maximum atomic E-state index is 12.2. The van der Waals surface area contributed by atoms with Crippen LogP contribution in [0.1, 0.15) is 22.6 Å². The number of hydrogen-bond donors (Lipinski definition) is 1. The van der Waals surface area contributed by atoms with Gasteiger partial charge in [0.25, 0.3) is 5.91 Å². The van der Waals surface area contributed by atoms with Crippen molar-refractivity contribution in [2.75, 3.05) is 13.6 Å². The summed E-state index contributed by atoms with van der Waals surface area (Å²) < 4.78 is 2.20. The number of carbonyl (C=O) groups is 1. The zero-order chi connectivity index (χ0) is 13.2. The fourth-order valence-electron chi connectivity index (χ4n) is 2.72. The van der Waals surface area contributed by atoms with E-state index in [1.54, 1.807) is 12.4 Å². The Hall–Kier alpha value is -2.04. The molecule has 2 aromatic heterocycles. The van der Waals surface area contributed by atoms with Crippen molar-refractivity contribution in [3.8, 4) is 0 Å². The lowest BCUT2D eigenvalue weighted by atomic mass is 9.97. The normalized spacial score (nSPS) is 18.1. The van der Waals surface area contributed by atoms with Gasteiger partial charge < -0.3 is 14.5 Å². The first-order valence-electron chi connectivity index (χ1n) is 6.62. The first kappa shape index (κ1) is 12.0. The molecule has 1 atom stereocenters. The van der Waals surface area contributed by atoms with Crippen LogP contribution >= 0.6 is 0 Å². The minimum atomic E-state index is 0.0789. The van der Waals surface area contributed by atoms with Crippen molar-refractivity contribution in [1.82, 2.24) is 19.4 Å². The highest BCUT2D eigenvalue weighted by Crippen LogP contribution is 2.20. The third-order valence-electron chi connectivity index (χ3n) is 3.77. The van der Waals surface area contributed by atoms with Gasteiger partial charge in [0.1, 0.15) is 5.82 Å². The molecule has 0 saturated heterocycles. The van der Waals surface area contributed by atoms with Crippen LogP contribution in [-0.4, -0.2) is 38.9 Å². The van der Waals surface area contributed by atoms with Crippen molar-refractivity contribution >= 4 is 5.91 Å². The van der Waals surface area contributed by atoms with Crippen molar-refractivity contribution in [3.05, 3.63) is 42.2 Å². The van der Waals surface area contributed by atoms with E-state index < -0.39 is 0 Å². The van der Waals surface area contributed by atoms with Gasteiger partial charge in [-0.1, -0.05) is 0 Å². The molecule has 3 heterocycles. The zero-order valence-electron chi connectivity index (χ0n) is 11.0. The molecule has 1 N–H and O–H groups in total. The standard InChI is InChI=1S/C14H18N4O/c1-17(14(19)12-2-4-15-9-12)10-11-3-6-18-7-5-16-13(18)8-11/h2,4-5,7,9,11,15H,3,6,8,10H2,1H3/t11-/m1/s1. The predicted molar refractivity (Wildman–Crippen MR) is 71.8 cm³/mol. The van der Waals surface area contributed by atoms with Gasteiger partial charge in [-0.3, -0.25) is 4.79 Å². The number of nitrogens with zero attached hydrogens (tertiary/aromatic N) is 3. The van der Waals surface area contributed by atoms with Gasteiger partial charge in [-0.25, -0.2) is 4.98 Å². The summed E-state index contributed by atoms with van der Waals surface area (Å²) in [6, 6.07) is 1.81. The smallest absolute Gasteiger partial charge is 0.255 e. The topological polar surface area (TPSA) is 53.9 Å². The van der Waals surface area contributed by atoms with E-state index in [1.165, 1.54) is 0 Å². The van der Waals surface area contributed by atoms with Crippen LogP contribution in [0.3, 0.4) is 0 Å². The minimum absolute atomic E-state index is 0.0789. The number of carbonyl (C=O) groups excluding carboxylic acids is 1. The Morgan fingerprint density at radius 1 is 1.63 bits per heavy atom. The van der Waals surface area contributed by atoms with Gasteiger partial charge in [0.05, 0.1) is 5.56 Å². The first-order valence-corrected chi connectivity index (χ1v) is 6.62. The van der Waals surface area contributed by atoms with Crippen LogP contribution in [0.4, 0.5) is 0 Å². The summed E-state index contributed by atoms with van der Waals surface area (Å²) in [6.07, 6.45) is 9.46. The summed E-state index contributed by atoms with van der Waals surface area (Å²) >= 11 is 0. The molecule has 5 heteroatoms. The minimum Gasteiger partial charge on any atom is -0.367 e. The Morgan fingerprint density at radius 2 is 2.53 bits per heavy atom. The molecule has 0 bridgehead atoms. The highest BCUT2D eigenvalue weighted by atomic mass is 16.2. The maximum absolute atomic E-state index is 12.2. The Kier molecular flexibility index (Phi) is 3.11. The van der Waals surface area contributed by atoms with Crippen LogP contribution in [-0.2, 0) is 13.0 Å². The molecule has 0 aromatic carbocycles. The number of aromatic nitrogens is 3. The largest absolute Gasteiger partial charge is 0.367 e. The molecule has 1 aliphatic rings. The number of fused-ring (bicyclic) bond motifs is 1. The molecule has 0 fully saturated rings. The van der Waals surface area contributed by atoms with Gasteiger partial charge in [0.15, 0.2) is 0 Å². The van der Waals surface area contributed by atoms with Gasteiger partial charge in [0.2, 0.25) is 0 Å². The monoisotopic (exact) mass is 258 g/mol. The van der Waals surface area contributed by atoms with E-state index in [0.29, 0.717) is 5.92 Å². The lowest BCUT2D eigenvalue weighted by molar-refractivity contribution is 0.0764. The second kappa shape index (κ2) is 4.91. The molecular weight excluding hydrogens is 240 g/mol. The van der Waals surface area contributed by atoms with Crippen molar-refractivity contribution in [3.63, 3.8) is 0 Å². The summed E-state index contributed by atoms with van der Waals surface area (Å²) in [5.41, 5.74) is 0.722. The summed E-state index contributed by atoms with van der Waals surface area (Å²) in [4.78, 5) is 21.3.